The van der Waals surface area contributed by atoms with Crippen molar-refractivity contribution in [3.8, 4) is 0 Å². The van der Waals surface area contributed by atoms with Crippen molar-refractivity contribution in [2.45, 2.75) is 45.6 Å². The lowest BCUT2D eigenvalue weighted by Gasteiger charge is -2.19. The highest BCUT2D eigenvalue weighted by Crippen LogP contribution is 2.09. The second kappa shape index (κ2) is 6.48. The molecule has 1 amide bonds. The second-order valence-corrected chi connectivity index (χ2v) is 4.45. The molecule has 94 valence electrons. The first-order chi connectivity index (χ1) is 7.29. The Morgan fingerprint density at radius 3 is 2.44 bits per heavy atom. The number of aliphatic hydroxyl groups is 1. The Labute approximate surface area is 95.9 Å². The summed E-state index contributed by atoms with van der Waals surface area (Å²) in [6, 6.07) is 0. The summed E-state index contributed by atoms with van der Waals surface area (Å²) in [5.41, 5.74) is -1.90. The van der Waals surface area contributed by atoms with Gasteiger partial charge in [0.15, 0.2) is 5.60 Å². The van der Waals surface area contributed by atoms with Crippen molar-refractivity contribution >= 4 is 11.9 Å². The molecule has 0 aliphatic carbocycles. The molecule has 5 nitrogen and oxygen atoms in total. The van der Waals surface area contributed by atoms with Crippen molar-refractivity contribution in [2.75, 3.05) is 6.54 Å². The van der Waals surface area contributed by atoms with Crippen LogP contribution in [0.1, 0.15) is 40.0 Å². The Bertz CT molecular complexity index is 250. The van der Waals surface area contributed by atoms with Gasteiger partial charge < -0.3 is 15.5 Å². The summed E-state index contributed by atoms with van der Waals surface area (Å²) in [6.07, 6.45) is 2.34. The third-order valence-corrected chi connectivity index (χ3v) is 2.41. The van der Waals surface area contributed by atoms with Crippen LogP contribution in [0.15, 0.2) is 0 Å². The fourth-order valence-corrected chi connectivity index (χ4v) is 1.33. The molecule has 0 rings (SSSR count). The summed E-state index contributed by atoms with van der Waals surface area (Å²) in [7, 11) is 0. The van der Waals surface area contributed by atoms with E-state index in [-0.39, 0.29) is 18.4 Å². The molecular weight excluding hydrogens is 210 g/mol. The van der Waals surface area contributed by atoms with E-state index in [0.29, 0.717) is 6.42 Å². The lowest BCUT2D eigenvalue weighted by atomic mass is 10.0. The molecule has 16 heavy (non-hydrogen) atoms. The zero-order valence-electron chi connectivity index (χ0n) is 10.1. The average molecular weight is 231 g/mol. The molecule has 0 aromatic heterocycles. The number of carboxylic acids is 1. The fourth-order valence-electron chi connectivity index (χ4n) is 1.33. The van der Waals surface area contributed by atoms with E-state index in [1.54, 1.807) is 0 Å². The minimum absolute atomic E-state index is 0.220. The van der Waals surface area contributed by atoms with Crippen LogP contribution in [-0.2, 0) is 9.59 Å². The van der Waals surface area contributed by atoms with Crippen LogP contribution in [0.5, 0.6) is 0 Å². The predicted octanol–water partition coefficient (Wildman–Crippen LogP) is 0.764. The molecule has 0 aromatic carbocycles. The molecule has 5 heteroatoms. The molecule has 0 fully saturated rings. The highest BCUT2D eigenvalue weighted by molar-refractivity contribution is 5.80. The Morgan fingerprint density at radius 1 is 1.44 bits per heavy atom. The quantitative estimate of drug-likeness (QED) is 0.604. The normalized spacial score (nSPS) is 16.2. The molecule has 0 saturated heterocycles. The average Bonchev–Trinajstić information content (AvgIpc) is 2.15. The van der Waals surface area contributed by atoms with E-state index in [9.17, 15) is 14.7 Å². The van der Waals surface area contributed by atoms with Crippen LogP contribution in [-0.4, -0.2) is 34.2 Å². The fraction of sp³-hybridized carbons (Fsp3) is 0.818. The molecule has 0 bridgehead atoms. The Kier molecular flexibility index (Phi) is 6.03. The maximum absolute atomic E-state index is 11.4. The van der Waals surface area contributed by atoms with Gasteiger partial charge in [0.25, 0.3) is 0 Å². The first kappa shape index (κ1) is 14.9. The standard InChI is InChI=1S/C11H21NO4/c1-4-5-8(2)6-9(13)12-7-11(3,16)10(14)15/h8,16H,4-7H2,1-3H3,(H,12,13)(H,14,15). The van der Waals surface area contributed by atoms with Crippen LogP contribution in [0.4, 0.5) is 0 Å². The van der Waals surface area contributed by atoms with Crippen molar-refractivity contribution in [1.29, 1.82) is 0 Å². The van der Waals surface area contributed by atoms with Crippen LogP contribution in [0, 0.1) is 5.92 Å². The molecule has 2 atom stereocenters. The van der Waals surface area contributed by atoms with Gasteiger partial charge in [0.05, 0.1) is 6.54 Å². The lowest BCUT2D eigenvalue weighted by molar-refractivity contribution is -0.156. The molecule has 0 aliphatic heterocycles. The van der Waals surface area contributed by atoms with Gasteiger partial charge in [-0.15, -0.1) is 0 Å². The predicted molar refractivity (Wildman–Crippen MR) is 60.0 cm³/mol. The molecule has 0 radical (unpaired) electrons. The van der Waals surface area contributed by atoms with E-state index >= 15 is 0 Å². The number of hydrogen-bond donors (Lipinski definition) is 3. The number of carbonyl (C=O) groups is 2. The number of hydrogen-bond acceptors (Lipinski definition) is 3. The van der Waals surface area contributed by atoms with Gasteiger partial charge in [-0.25, -0.2) is 4.79 Å². The minimum Gasteiger partial charge on any atom is -0.479 e. The van der Waals surface area contributed by atoms with Gasteiger partial charge in [-0.2, -0.15) is 0 Å². The van der Waals surface area contributed by atoms with Gasteiger partial charge in [-0.3, -0.25) is 4.79 Å². The molecule has 3 N–H and O–H groups in total. The van der Waals surface area contributed by atoms with E-state index in [1.165, 1.54) is 0 Å². The van der Waals surface area contributed by atoms with Crippen molar-refractivity contribution in [1.82, 2.24) is 5.32 Å². The molecule has 0 heterocycles. The van der Waals surface area contributed by atoms with Crippen LogP contribution in [0.3, 0.4) is 0 Å². The zero-order valence-corrected chi connectivity index (χ0v) is 10.1. The lowest BCUT2D eigenvalue weighted by Crippen LogP contribution is -2.46. The monoisotopic (exact) mass is 231 g/mol. The van der Waals surface area contributed by atoms with Gasteiger partial charge in [-0.1, -0.05) is 26.7 Å². The number of carboxylic acid groups (broad SMARTS) is 1. The first-order valence-corrected chi connectivity index (χ1v) is 5.52. The number of nitrogens with one attached hydrogen (secondary N) is 1. The Balaban J connectivity index is 3.94. The van der Waals surface area contributed by atoms with E-state index in [0.717, 1.165) is 19.8 Å². The summed E-state index contributed by atoms with van der Waals surface area (Å²) < 4.78 is 0. The molecule has 0 spiro atoms. The number of rotatable bonds is 7. The van der Waals surface area contributed by atoms with Crippen LogP contribution < -0.4 is 5.32 Å². The minimum atomic E-state index is -1.90. The van der Waals surface area contributed by atoms with Gasteiger partial charge in [0.2, 0.25) is 5.91 Å². The van der Waals surface area contributed by atoms with Gasteiger partial charge in [-0.05, 0) is 12.8 Å². The van der Waals surface area contributed by atoms with Crippen LogP contribution >= 0.6 is 0 Å². The summed E-state index contributed by atoms with van der Waals surface area (Å²) in [5.74, 6) is -1.28. The largest absolute Gasteiger partial charge is 0.479 e. The van der Waals surface area contributed by atoms with Gasteiger partial charge in [0.1, 0.15) is 0 Å². The summed E-state index contributed by atoms with van der Waals surface area (Å²) >= 11 is 0. The molecule has 2 unspecified atom stereocenters. The SMILES string of the molecule is CCCC(C)CC(=O)NCC(C)(O)C(=O)O. The number of aliphatic carboxylic acids is 1. The first-order valence-electron chi connectivity index (χ1n) is 5.52. The van der Waals surface area contributed by atoms with Crippen molar-refractivity contribution in [3.05, 3.63) is 0 Å². The van der Waals surface area contributed by atoms with Gasteiger partial charge in [0, 0.05) is 6.42 Å². The summed E-state index contributed by atoms with van der Waals surface area (Å²) in [5, 5.41) is 20.4. The molecule has 0 aromatic rings. The van der Waals surface area contributed by atoms with E-state index in [4.69, 9.17) is 5.11 Å². The summed E-state index contributed by atoms with van der Waals surface area (Å²) in [4.78, 5) is 21.9. The maximum Gasteiger partial charge on any atom is 0.337 e. The topological polar surface area (TPSA) is 86.6 Å². The molecule has 0 aliphatic rings. The highest BCUT2D eigenvalue weighted by atomic mass is 16.4. The zero-order chi connectivity index (χ0) is 12.8. The summed E-state index contributed by atoms with van der Waals surface area (Å²) in [6.45, 7) is 4.91. The van der Waals surface area contributed by atoms with Gasteiger partial charge >= 0.3 is 5.97 Å². The number of carbonyl (C=O) groups excluding carboxylic acids is 1. The van der Waals surface area contributed by atoms with E-state index in [2.05, 4.69) is 5.32 Å². The second-order valence-electron chi connectivity index (χ2n) is 4.45. The van der Waals surface area contributed by atoms with Crippen molar-refractivity contribution in [2.24, 2.45) is 5.92 Å². The maximum atomic E-state index is 11.4. The van der Waals surface area contributed by atoms with Crippen molar-refractivity contribution in [3.63, 3.8) is 0 Å². The Hall–Kier alpha value is -1.10. The smallest absolute Gasteiger partial charge is 0.337 e. The highest BCUT2D eigenvalue weighted by Gasteiger charge is 2.30. The molecule has 0 saturated carbocycles. The van der Waals surface area contributed by atoms with Crippen LogP contribution in [0.2, 0.25) is 0 Å². The molecular formula is C11H21NO4. The van der Waals surface area contributed by atoms with Crippen molar-refractivity contribution < 1.29 is 19.8 Å². The Morgan fingerprint density at radius 2 is 2.00 bits per heavy atom. The number of amides is 1. The van der Waals surface area contributed by atoms with E-state index in [1.807, 2.05) is 13.8 Å². The third-order valence-electron chi connectivity index (χ3n) is 2.41. The third kappa shape index (κ3) is 5.70. The van der Waals surface area contributed by atoms with Crippen LogP contribution in [0.25, 0.3) is 0 Å². The van der Waals surface area contributed by atoms with E-state index < -0.39 is 11.6 Å².